The topological polar surface area (TPSA) is 107 Å². The molecule has 0 bridgehead atoms. The lowest BCUT2D eigenvalue weighted by Gasteiger charge is -2.42. The molecule has 1 aliphatic carbocycles. The highest BCUT2D eigenvalue weighted by atomic mass is 35.5. The molecule has 3 N–H and O–H groups in total. The fourth-order valence-electron chi connectivity index (χ4n) is 4.95. The van der Waals surface area contributed by atoms with Crippen molar-refractivity contribution in [3.8, 4) is 0 Å². The highest BCUT2D eigenvalue weighted by Crippen LogP contribution is 2.38. The van der Waals surface area contributed by atoms with Crippen LogP contribution in [-0.2, 0) is 16.1 Å². The Labute approximate surface area is 182 Å². The molecule has 164 valence electrons. The van der Waals surface area contributed by atoms with Crippen LogP contribution in [0.25, 0.3) is 0 Å². The largest absolute Gasteiger partial charge is 0.391 e. The summed E-state index contributed by atoms with van der Waals surface area (Å²) in [6.07, 6.45) is 1.08. The number of likely N-dealkylation sites (N-methyl/N-ethyl adjacent to an activating group) is 1. The summed E-state index contributed by atoms with van der Waals surface area (Å²) in [5, 5.41) is 9.86. The third-order valence-corrected chi connectivity index (χ3v) is 6.75. The molecule has 4 amide bonds. The SMILES string of the molecule is CN1C(=O)N(Cc2ccccc2)C2(CCN(C(=O)[C@H]3C[C@@H](N)[C@H](O)C3)CC2)C1=O.Cl. The molecule has 1 aromatic rings. The minimum atomic E-state index is -0.899. The van der Waals surface area contributed by atoms with Crippen molar-refractivity contribution in [2.75, 3.05) is 20.1 Å². The van der Waals surface area contributed by atoms with Gasteiger partial charge in [0.1, 0.15) is 5.54 Å². The Kier molecular flexibility index (Phi) is 6.40. The van der Waals surface area contributed by atoms with Crippen molar-refractivity contribution in [1.29, 1.82) is 0 Å². The van der Waals surface area contributed by atoms with Gasteiger partial charge in [0, 0.05) is 38.6 Å². The second-order valence-corrected chi connectivity index (χ2v) is 8.47. The van der Waals surface area contributed by atoms with Crippen LogP contribution in [0.5, 0.6) is 0 Å². The van der Waals surface area contributed by atoms with Crippen molar-refractivity contribution in [2.24, 2.45) is 11.7 Å². The maximum atomic E-state index is 13.0. The number of urea groups is 1. The number of likely N-dealkylation sites (tertiary alicyclic amines) is 1. The normalized spacial score (nSPS) is 28.2. The van der Waals surface area contributed by atoms with E-state index < -0.39 is 11.6 Å². The Bertz CT molecular complexity index is 802. The van der Waals surface area contributed by atoms with Crippen LogP contribution < -0.4 is 5.73 Å². The Balaban J connectivity index is 0.00000256. The first-order valence-electron chi connectivity index (χ1n) is 10.2. The number of aliphatic hydroxyl groups excluding tert-OH is 1. The average Bonchev–Trinajstić information content (AvgIpc) is 3.15. The van der Waals surface area contributed by atoms with E-state index in [-0.39, 0.29) is 42.2 Å². The van der Waals surface area contributed by atoms with Gasteiger partial charge in [-0.3, -0.25) is 14.5 Å². The number of hydrogen-bond acceptors (Lipinski definition) is 5. The zero-order valence-corrected chi connectivity index (χ0v) is 17.9. The first-order valence-corrected chi connectivity index (χ1v) is 10.2. The molecule has 2 saturated heterocycles. The number of piperidine rings is 1. The fourth-order valence-corrected chi connectivity index (χ4v) is 4.95. The molecule has 30 heavy (non-hydrogen) atoms. The van der Waals surface area contributed by atoms with Crippen molar-refractivity contribution in [1.82, 2.24) is 14.7 Å². The van der Waals surface area contributed by atoms with Gasteiger partial charge in [-0.15, -0.1) is 12.4 Å². The summed E-state index contributed by atoms with van der Waals surface area (Å²) in [6, 6.07) is 8.98. The lowest BCUT2D eigenvalue weighted by Crippen LogP contribution is -2.57. The number of nitrogens with two attached hydrogens (primary N) is 1. The molecule has 1 spiro atoms. The van der Waals surface area contributed by atoms with Crippen LogP contribution in [0.3, 0.4) is 0 Å². The van der Waals surface area contributed by atoms with Gasteiger partial charge in [-0.1, -0.05) is 30.3 Å². The van der Waals surface area contributed by atoms with E-state index in [1.807, 2.05) is 30.3 Å². The monoisotopic (exact) mass is 436 g/mol. The van der Waals surface area contributed by atoms with Crippen LogP contribution in [-0.4, -0.2) is 75.5 Å². The van der Waals surface area contributed by atoms with E-state index in [2.05, 4.69) is 0 Å². The van der Waals surface area contributed by atoms with E-state index in [4.69, 9.17) is 5.73 Å². The number of aliphatic hydroxyl groups is 1. The standard InChI is InChI=1S/C21H28N4O4.ClH/c1-23-19(28)21(25(20(23)29)13-14-5-3-2-4-6-14)7-9-24(10-8-21)18(27)15-11-16(22)17(26)12-15;/h2-6,15-17,26H,7-13,22H2,1H3;1H/t15-,16+,17+;/m0./s1. The van der Waals surface area contributed by atoms with E-state index in [1.165, 1.54) is 11.9 Å². The summed E-state index contributed by atoms with van der Waals surface area (Å²) in [4.78, 5) is 43.3. The summed E-state index contributed by atoms with van der Waals surface area (Å²) in [5.74, 6) is -0.464. The van der Waals surface area contributed by atoms with Crippen LogP contribution >= 0.6 is 12.4 Å². The number of nitrogens with zero attached hydrogens (tertiary/aromatic N) is 3. The second-order valence-electron chi connectivity index (χ2n) is 8.47. The summed E-state index contributed by atoms with van der Waals surface area (Å²) < 4.78 is 0. The quantitative estimate of drug-likeness (QED) is 0.686. The van der Waals surface area contributed by atoms with Crippen LogP contribution in [0, 0.1) is 5.92 Å². The maximum Gasteiger partial charge on any atom is 0.327 e. The first kappa shape index (κ1) is 22.5. The van der Waals surface area contributed by atoms with E-state index in [0.29, 0.717) is 45.3 Å². The molecule has 3 fully saturated rings. The summed E-state index contributed by atoms with van der Waals surface area (Å²) >= 11 is 0. The van der Waals surface area contributed by atoms with Crippen molar-refractivity contribution >= 4 is 30.3 Å². The van der Waals surface area contributed by atoms with Gasteiger partial charge < -0.3 is 20.6 Å². The molecule has 4 rings (SSSR count). The van der Waals surface area contributed by atoms with Gasteiger partial charge in [-0.05, 0) is 31.2 Å². The maximum absolute atomic E-state index is 13.0. The van der Waals surface area contributed by atoms with E-state index >= 15 is 0 Å². The van der Waals surface area contributed by atoms with Gasteiger partial charge in [0.15, 0.2) is 0 Å². The molecular formula is C21H29ClN4O4. The lowest BCUT2D eigenvalue weighted by molar-refractivity contribution is -0.143. The zero-order valence-electron chi connectivity index (χ0n) is 17.1. The highest BCUT2D eigenvalue weighted by molar-refractivity contribution is 6.06. The molecular weight excluding hydrogens is 408 g/mol. The highest BCUT2D eigenvalue weighted by Gasteiger charge is 2.57. The van der Waals surface area contributed by atoms with Crippen LogP contribution in [0.4, 0.5) is 4.79 Å². The molecule has 0 unspecified atom stereocenters. The predicted octanol–water partition coefficient (Wildman–Crippen LogP) is 0.962. The van der Waals surface area contributed by atoms with E-state index in [1.54, 1.807) is 9.80 Å². The van der Waals surface area contributed by atoms with Crippen LogP contribution in [0.2, 0.25) is 0 Å². The molecule has 9 heteroatoms. The lowest BCUT2D eigenvalue weighted by atomic mass is 9.85. The van der Waals surface area contributed by atoms with Gasteiger partial charge in [-0.25, -0.2) is 4.79 Å². The number of benzene rings is 1. The minimum absolute atomic E-state index is 0. The molecule has 3 aliphatic rings. The molecule has 1 saturated carbocycles. The number of hydrogen-bond donors (Lipinski definition) is 2. The third-order valence-electron chi connectivity index (χ3n) is 6.75. The number of imide groups is 1. The molecule has 3 atom stereocenters. The van der Waals surface area contributed by atoms with Crippen molar-refractivity contribution in [2.45, 2.75) is 49.9 Å². The number of rotatable bonds is 3. The van der Waals surface area contributed by atoms with Crippen LogP contribution in [0.1, 0.15) is 31.2 Å². The number of carbonyl (C=O) groups excluding carboxylic acids is 3. The number of carbonyl (C=O) groups is 3. The van der Waals surface area contributed by atoms with Gasteiger partial charge in [-0.2, -0.15) is 0 Å². The Morgan fingerprint density at radius 2 is 1.80 bits per heavy atom. The number of amides is 4. The van der Waals surface area contributed by atoms with Gasteiger partial charge in [0.2, 0.25) is 5.91 Å². The molecule has 8 nitrogen and oxygen atoms in total. The van der Waals surface area contributed by atoms with Gasteiger partial charge in [0.25, 0.3) is 5.91 Å². The minimum Gasteiger partial charge on any atom is -0.391 e. The molecule has 0 aromatic heterocycles. The van der Waals surface area contributed by atoms with Crippen molar-refractivity contribution in [3.05, 3.63) is 35.9 Å². The van der Waals surface area contributed by atoms with E-state index in [0.717, 1.165) is 5.56 Å². The molecule has 2 aliphatic heterocycles. The van der Waals surface area contributed by atoms with Crippen molar-refractivity contribution < 1.29 is 19.5 Å². The summed E-state index contributed by atoms with van der Waals surface area (Å²) in [6.45, 7) is 1.20. The van der Waals surface area contributed by atoms with E-state index in [9.17, 15) is 19.5 Å². The van der Waals surface area contributed by atoms with Crippen LogP contribution in [0.15, 0.2) is 30.3 Å². The Morgan fingerprint density at radius 1 is 1.17 bits per heavy atom. The Morgan fingerprint density at radius 3 is 2.37 bits per heavy atom. The van der Waals surface area contributed by atoms with Crippen molar-refractivity contribution in [3.63, 3.8) is 0 Å². The zero-order chi connectivity index (χ0) is 20.8. The Hall–Kier alpha value is -2.16. The predicted molar refractivity (Wildman–Crippen MR) is 113 cm³/mol. The molecule has 1 aromatic carbocycles. The fraction of sp³-hybridized carbons (Fsp3) is 0.571. The second kappa shape index (κ2) is 8.53. The first-order chi connectivity index (χ1) is 13.8. The molecule has 0 radical (unpaired) electrons. The third kappa shape index (κ3) is 3.68. The average molecular weight is 437 g/mol. The summed E-state index contributed by atoms with van der Waals surface area (Å²) in [5.41, 5.74) is 5.93. The smallest absolute Gasteiger partial charge is 0.327 e. The molecule has 2 heterocycles. The number of halogens is 1. The van der Waals surface area contributed by atoms with Gasteiger partial charge >= 0.3 is 6.03 Å². The summed E-state index contributed by atoms with van der Waals surface area (Å²) in [7, 11) is 1.52. The van der Waals surface area contributed by atoms with Gasteiger partial charge in [0.05, 0.1) is 6.10 Å².